The number of aromatic amines is 1. The minimum Gasteiger partial charge on any atom is -0.379 e. The number of ether oxygens (including phenoxy) is 1. The molecule has 0 saturated carbocycles. The van der Waals surface area contributed by atoms with Gasteiger partial charge in [-0.05, 0) is 0 Å². The summed E-state index contributed by atoms with van der Waals surface area (Å²) in [7, 11) is 0. The Bertz CT molecular complexity index is 495. The van der Waals surface area contributed by atoms with Gasteiger partial charge in [0, 0.05) is 0 Å². The second kappa shape index (κ2) is 3.35. The highest BCUT2D eigenvalue weighted by molar-refractivity contribution is 8.00. The minimum absolute atomic E-state index is 0.261. The fourth-order valence-corrected chi connectivity index (χ4v) is 2.41. The molecule has 0 spiro atoms. The van der Waals surface area contributed by atoms with Gasteiger partial charge in [-0.25, -0.2) is 9.97 Å². The van der Waals surface area contributed by atoms with Crippen molar-refractivity contribution in [3.05, 3.63) is 6.33 Å². The Kier molecular flexibility index (Phi) is 2.00. The minimum atomic E-state index is 0.261. The number of anilines is 1. The van der Waals surface area contributed by atoms with Crippen LogP contribution >= 0.6 is 11.8 Å². The molecule has 3 rings (SSSR count). The Morgan fingerprint density at radius 3 is 3.07 bits per heavy atom. The van der Waals surface area contributed by atoms with Gasteiger partial charge in [0.1, 0.15) is 10.5 Å². The lowest BCUT2D eigenvalue weighted by Gasteiger charge is -2.24. The summed E-state index contributed by atoms with van der Waals surface area (Å²) in [6, 6.07) is 0. The lowest BCUT2D eigenvalue weighted by Crippen LogP contribution is -2.30. The van der Waals surface area contributed by atoms with E-state index in [4.69, 9.17) is 10.5 Å². The molecular formula is C8H9N5OS. The van der Waals surface area contributed by atoms with Crippen molar-refractivity contribution >= 4 is 28.9 Å². The average Bonchev–Trinajstić information content (AvgIpc) is 2.58. The zero-order chi connectivity index (χ0) is 10.3. The molecule has 2 aromatic heterocycles. The number of hydrogen-bond acceptors (Lipinski definition) is 6. The quantitative estimate of drug-likeness (QED) is 0.717. The predicted octanol–water partition coefficient (Wildman–Crippen LogP) is 0.426. The Morgan fingerprint density at radius 1 is 1.47 bits per heavy atom. The molecule has 0 aliphatic carbocycles. The number of aromatic nitrogens is 4. The molecule has 0 atom stereocenters. The Labute approximate surface area is 89.6 Å². The normalized spacial score (nSPS) is 16.8. The van der Waals surface area contributed by atoms with E-state index in [1.807, 2.05) is 0 Å². The highest BCUT2D eigenvalue weighted by Crippen LogP contribution is 2.30. The van der Waals surface area contributed by atoms with Crippen LogP contribution in [0, 0.1) is 0 Å². The molecule has 1 aliphatic heterocycles. The highest BCUT2D eigenvalue weighted by atomic mass is 32.2. The van der Waals surface area contributed by atoms with Crippen LogP contribution in [0.2, 0.25) is 0 Å². The highest BCUT2D eigenvalue weighted by Gasteiger charge is 2.22. The van der Waals surface area contributed by atoms with Gasteiger partial charge in [-0.2, -0.15) is 4.98 Å². The first-order valence-corrected chi connectivity index (χ1v) is 5.42. The van der Waals surface area contributed by atoms with Gasteiger partial charge in [-0.15, -0.1) is 0 Å². The fraction of sp³-hybridized carbons (Fsp3) is 0.375. The van der Waals surface area contributed by atoms with Crippen molar-refractivity contribution in [2.24, 2.45) is 0 Å². The summed E-state index contributed by atoms with van der Waals surface area (Å²) in [5.74, 6) is 0.261. The number of thioether (sulfide) groups is 1. The molecule has 1 fully saturated rings. The third-order valence-corrected chi connectivity index (χ3v) is 3.28. The van der Waals surface area contributed by atoms with E-state index in [2.05, 4.69) is 19.9 Å². The van der Waals surface area contributed by atoms with Gasteiger partial charge >= 0.3 is 0 Å². The number of fused-ring (bicyclic) bond motifs is 1. The molecule has 2 aromatic rings. The SMILES string of the molecule is Nc1nc(SC2COC2)c2[nH]cnc2n1. The van der Waals surface area contributed by atoms with Gasteiger partial charge in [-0.3, -0.25) is 0 Å². The molecule has 3 N–H and O–H groups in total. The van der Waals surface area contributed by atoms with Gasteiger partial charge in [0.05, 0.1) is 24.8 Å². The van der Waals surface area contributed by atoms with E-state index in [0.717, 1.165) is 23.8 Å². The third kappa shape index (κ3) is 1.53. The van der Waals surface area contributed by atoms with Crippen LogP contribution in [0.1, 0.15) is 0 Å². The number of nitrogens with zero attached hydrogens (tertiary/aromatic N) is 3. The van der Waals surface area contributed by atoms with Crippen LogP contribution < -0.4 is 5.73 Å². The maximum absolute atomic E-state index is 5.60. The number of H-pyrrole nitrogens is 1. The Hall–Kier alpha value is -1.34. The second-order valence-corrected chi connectivity index (χ2v) is 4.55. The van der Waals surface area contributed by atoms with Gasteiger partial charge in [-0.1, -0.05) is 11.8 Å². The van der Waals surface area contributed by atoms with Crippen molar-refractivity contribution in [3.8, 4) is 0 Å². The number of nitrogens with one attached hydrogen (secondary N) is 1. The Morgan fingerprint density at radius 2 is 2.33 bits per heavy atom. The monoisotopic (exact) mass is 223 g/mol. The number of imidazole rings is 1. The average molecular weight is 223 g/mol. The molecule has 0 bridgehead atoms. The number of nitrogens with two attached hydrogens (primary N) is 1. The van der Waals surface area contributed by atoms with Crippen LogP contribution in [0.4, 0.5) is 5.95 Å². The van der Waals surface area contributed by atoms with Crippen LogP contribution in [0.3, 0.4) is 0 Å². The lowest BCUT2D eigenvalue weighted by molar-refractivity contribution is 0.0455. The van der Waals surface area contributed by atoms with Crippen LogP contribution in [-0.2, 0) is 4.74 Å². The van der Waals surface area contributed by atoms with Crippen molar-refractivity contribution in [2.45, 2.75) is 10.3 Å². The summed E-state index contributed by atoms with van der Waals surface area (Å²) in [6.07, 6.45) is 1.60. The topological polar surface area (TPSA) is 89.7 Å². The van der Waals surface area contributed by atoms with E-state index >= 15 is 0 Å². The maximum atomic E-state index is 5.60. The number of nitrogen functional groups attached to an aromatic ring is 1. The van der Waals surface area contributed by atoms with E-state index in [1.165, 1.54) is 0 Å². The Balaban J connectivity index is 2.02. The first kappa shape index (κ1) is 8.93. The standard InChI is InChI=1S/C8H9N5OS/c9-8-12-6-5(10-3-11-6)7(13-8)15-4-1-14-2-4/h3-4H,1-2H2,(H3,9,10,11,12,13). The van der Waals surface area contributed by atoms with Crippen LogP contribution in [-0.4, -0.2) is 38.4 Å². The van der Waals surface area contributed by atoms with Crippen molar-refractivity contribution in [2.75, 3.05) is 18.9 Å². The van der Waals surface area contributed by atoms with E-state index in [0.29, 0.717) is 10.9 Å². The van der Waals surface area contributed by atoms with Crippen LogP contribution in [0.15, 0.2) is 11.4 Å². The molecule has 6 nitrogen and oxygen atoms in total. The molecule has 0 unspecified atom stereocenters. The van der Waals surface area contributed by atoms with E-state index in [9.17, 15) is 0 Å². The van der Waals surface area contributed by atoms with Gasteiger partial charge in [0.2, 0.25) is 5.95 Å². The molecule has 7 heteroatoms. The molecule has 0 aromatic carbocycles. The summed E-state index contributed by atoms with van der Waals surface area (Å²) in [5.41, 5.74) is 7.06. The first-order chi connectivity index (χ1) is 7.33. The number of hydrogen-bond donors (Lipinski definition) is 2. The van der Waals surface area contributed by atoms with Crippen LogP contribution in [0.25, 0.3) is 11.2 Å². The molecular weight excluding hydrogens is 214 g/mol. The third-order valence-electron chi connectivity index (χ3n) is 2.16. The van der Waals surface area contributed by atoms with Gasteiger partial charge < -0.3 is 15.5 Å². The molecule has 3 heterocycles. The number of rotatable bonds is 2. The van der Waals surface area contributed by atoms with Crippen molar-refractivity contribution in [1.29, 1.82) is 0 Å². The second-order valence-electron chi connectivity index (χ2n) is 3.27. The van der Waals surface area contributed by atoms with Crippen molar-refractivity contribution in [3.63, 3.8) is 0 Å². The molecule has 0 radical (unpaired) electrons. The molecule has 78 valence electrons. The fourth-order valence-electron chi connectivity index (χ4n) is 1.35. The van der Waals surface area contributed by atoms with Gasteiger partial charge in [0.25, 0.3) is 0 Å². The predicted molar refractivity (Wildman–Crippen MR) is 56.6 cm³/mol. The summed E-state index contributed by atoms with van der Waals surface area (Å²) in [6.45, 7) is 1.54. The summed E-state index contributed by atoms with van der Waals surface area (Å²) in [5, 5.41) is 1.31. The summed E-state index contributed by atoms with van der Waals surface area (Å²) < 4.78 is 5.11. The zero-order valence-electron chi connectivity index (χ0n) is 7.80. The summed E-state index contributed by atoms with van der Waals surface area (Å²) >= 11 is 1.65. The van der Waals surface area contributed by atoms with Gasteiger partial charge in [0.15, 0.2) is 5.65 Å². The molecule has 1 aliphatic rings. The largest absolute Gasteiger partial charge is 0.379 e. The van der Waals surface area contributed by atoms with Crippen molar-refractivity contribution in [1.82, 2.24) is 19.9 Å². The lowest BCUT2D eigenvalue weighted by atomic mass is 10.4. The van der Waals surface area contributed by atoms with E-state index < -0.39 is 0 Å². The van der Waals surface area contributed by atoms with E-state index in [1.54, 1.807) is 18.1 Å². The first-order valence-electron chi connectivity index (χ1n) is 4.54. The molecule has 1 saturated heterocycles. The molecule has 0 amide bonds. The molecule has 15 heavy (non-hydrogen) atoms. The zero-order valence-corrected chi connectivity index (χ0v) is 8.62. The van der Waals surface area contributed by atoms with Crippen LogP contribution in [0.5, 0.6) is 0 Å². The van der Waals surface area contributed by atoms with E-state index in [-0.39, 0.29) is 5.95 Å². The maximum Gasteiger partial charge on any atom is 0.223 e. The van der Waals surface area contributed by atoms with Crippen molar-refractivity contribution < 1.29 is 4.74 Å². The smallest absolute Gasteiger partial charge is 0.223 e. The summed E-state index contributed by atoms with van der Waals surface area (Å²) in [4.78, 5) is 15.3.